The highest BCUT2D eigenvalue weighted by Crippen LogP contribution is 2.26. The summed E-state index contributed by atoms with van der Waals surface area (Å²) in [4.78, 5) is 33.7. The van der Waals surface area contributed by atoms with Crippen molar-refractivity contribution >= 4 is 23.9 Å². The zero-order chi connectivity index (χ0) is 16.7. The number of carbonyl (C=O) groups is 3. The number of amides is 1. The van der Waals surface area contributed by atoms with Gasteiger partial charge in [-0.3, -0.25) is 9.59 Å². The zero-order valence-corrected chi connectivity index (χ0v) is 12.8. The lowest BCUT2D eigenvalue weighted by molar-refractivity contribution is -0.137. The van der Waals surface area contributed by atoms with Crippen LogP contribution in [0, 0.1) is 0 Å². The van der Waals surface area contributed by atoms with Crippen molar-refractivity contribution in [1.82, 2.24) is 5.32 Å². The fourth-order valence-corrected chi connectivity index (χ4v) is 1.64. The Morgan fingerprint density at radius 2 is 1.82 bits per heavy atom. The molecule has 0 fully saturated rings. The second-order valence-corrected chi connectivity index (χ2v) is 4.23. The monoisotopic (exact) mass is 307 g/mol. The molecule has 0 radical (unpaired) electrons. The van der Waals surface area contributed by atoms with E-state index in [0.717, 1.165) is 0 Å². The third kappa shape index (κ3) is 4.93. The van der Waals surface area contributed by atoms with Gasteiger partial charge in [0.05, 0.1) is 14.2 Å². The zero-order valence-electron chi connectivity index (χ0n) is 12.8. The maximum Gasteiger partial charge on any atom is 0.354 e. The summed E-state index contributed by atoms with van der Waals surface area (Å²) in [5.74, 6) is -0.890. The maximum absolute atomic E-state index is 11.6. The standard InChI is InChI=1S/C15H17NO6/c1-9(17)16-13(15(19)21-4)7-11-5-6-12(22-10(2)18)8-14(11)20-3/h5-8H,1-4H3,(H,16,17)/b13-7-. The van der Waals surface area contributed by atoms with Gasteiger partial charge in [0.1, 0.15) is 17.2 Å². The number of hydrogen-bond acceptors (Lipinski definition) is 6. The Kier molecular flexibility index (Phi) is 6.12. The predicted molar refractivity (Wildman–Crippen MR) is 78.1 cm³/mol. The molecular formula is C15H17NO6. The van der Waals surface area contributed by atoms with Gasteiger partial charge in [-0.15, -0.1) is 0 Å². The molecule has 7 nitrogen and oxygen atoms in total. The molecule has 0 saturated heterocycles. The van der Waals surface area contributed by atoms with Gasteiger partial charge < -0.3 is 19.5 Å². The molecule has 0 spiro atoms. The van der Waals surface area contributed by atoms with Gasteiger partial charge in [0, 0.05) is 25.5 Å². The van der Waals surface area contributed by atoms with Crippen molar-refractivity contribution in [2.45, 2.75) is 13.8 Å². The Morgan fingerprint density at radius 1 is 1.14 bits per heavy atom. The Balaban J connectivity index is 3.21. The summed E-state index contributed by atoms with van der Waals surface area (Å²) in [6.07, 6.45) is 1.41. The number of benzene rings is 1. The molecule has 0 aromatic heterocycles. The van der Waals surface area contributed by atoms with Gasteiger partial charge in [-0.1, -0.05) is 0 Å². The number of carbonyl (C=O) groups excluding carboxylic acids is 3. The van der Waals surface area contributed by atoms with Crippen molar-refractivity contribution in [2.75, 3.05) is 14.2 Å². The van der Waals surface area contributed by atoms with Crippen molar-refractivity contribution in [3.63, 3.8) is 0 Å². The van der Waals surface area contributed by atoms with Crippen molar-refractivity contribution in [2.24, 2.45) is 0 Å². The predicted octanol–water partition coefficient (Wildman–Crippen LogP) is 1.27. The molecule has 22 heavy (non-hydrogen) atoms. The fraction of sp³-hybridized carbons (Fsp3) is 0.267. The van der Waals surface area contributed by atoms with Gasteiger partial charge in [0.25, 0.3) is 0 Å². The number of hydrogen-bond donors (Lipinski definition) is 1. The Labute approximate surface area is 127 Å². The molecule has 1 aromatic rings. The van der Waals surface area contributed by atoms with E-state index in [9.17, 15) is 14.4 Å². The first kappa shape index (κ1) is 17.2. The highest BCUT2D eigenvalue weighted by molar-refractivity contribution is 5.97. The summed E-state index contributed by atoms with van der Waals surface area (Å²) in [6, 6.07) is 4.62. The summed E-state index contributed by atoms with van der Waals surface area (Å²) in [5.41, 5.74) is 0.473. The number of methoxy groups -OCH3 is 2. The van der Waals surface area contributed by atoms with E-state index in [1.54, 1.807) is 12.1 Å². The summed E-state index contributed by atoms with van der Waals surface area (Å²) in [7, 11) is 2.64. The summed E-state index contributed by atoms with van der Waals surface area (Å²) in [5, 5.41) is 2.38. The van der Waals surface area contributed by atoms with E-state index >= 15 is 0 Å². The largest absolute Gasteiger partial charge is 0.496 e. The molecule has 118 valence electrons. The minimum absolute atomic E-state index is 0.0338. The highest BCUT2D eigenvalue weighted by Gasteiger charge is 2.13. The van der Waals surface area contributed by atoms with Gasteiger partial charge >= 0.3 is 11.9 Å². The molecule has 1 rings (SSSR count). The first-order valence-corrected chi connectivity index (χ1v) is 6.31. The minimum atomic E-state index is -0.693. The van der Waals surface area contributed by atoms with Crippen molar-refractivity contribution in [3.05, 3.63) is 29.5 Å². The van der Waals surface area contributed by atoms with E-state index in [0.29, 0.717) is 17.1 Å². The van der Waals surface area contributed by atoms with Crippen LogP contribution in [0.3, 0.4) is 0 Å². The molecule has 0 aliphatic heterocycles. The quantitative estimate of drug-likeness (QED) is 0.500. The van der Waals surface area contributed by atoms with Crippen LogP contribution in [0.15, 0.2) is 23.9 Å². The highest BCUT2D eigenvalue weighted by atomic mass is 16.5. The second-order valence-electron chi connectivity index (χ2n) is 4.23. The van der Waals surface area contributed by atoms with Crippen LogP contribution in [0.5, 0.6) is 11.5 Å². The minimum Gasteiger partial charge on any atom is -0.496 e. The Morgan fingerprint density at radius 3 is 2.32 bits per heavy atom. The van der Waals surface area contributed by atoms with Crippen LogP contribution in [0.1, 0.15) is 19.4 Å². The fourth-order valence-electron chi connectivity index (χ4n) is 1.64. The molecule has 0 aliphatic rings. The maximum atomic E-state index is 11.6. The van der Waals surface area contributed by atoms with Gasteiger partial charge in [-0.05, 0) is 18.2 Å². The van der Waals surface area contributed by atoms with E-state index < -0.39 is 17.8 Å². The number of ether oxygens (including phenoxy) is 3. The molecule has 0 atom stereocenters. The van der Waals surface area contributed by atoms with E-state index in [-0.39, 0.29) is 5.70 Å². The van der Waals surface area contributed by atoms with Crippen LogP contribution in [0.25, 0.3) is 6.08 Å². The molecule has 1 N–H and O–H groups in total. The summed E-state index contributed by atoms with van der Waals surface area (Å²) >= 11 is 0. The summed E-state index contributed by atoms with van der Waals surface area (Å²) < 4.78 is 14.7. The molecule has 0 unspecified atom stereocenters. The topological polar surface area (TPSA) is 90.9 Å². The lowest BCUT2D eigenvalue weighted by Gasteiger charge is -2.10. The van der Waals surface area contributed by atoms with Crippen LogP contribution in [-0.4, -0.2) is 32.1 Å². The smallest absolute Gasteiger partial charge is 0.354 e. The third-order valence-corrected chi connectivity index (χ3v) is 2.48. The van der Waals surface area contributed by atoms with Crippen LogP contribution < -0.4 is 14.8 Å². The number of nitrogens with one attached hydrogen (secondary N) is 1. The van der Waals surface area contributed by atoms with E-state index in [1.165, 1.54) is 40.2 Å². The molecule has 1 aromatic carbocycles. The summed E-state index contributed by atoms with van der Waals surface area (Å²) in [6.45, 7) is 2.56. The second kappa shape index (κ2) is 7.82. The third-order valence-electron chi connectivity index (χ3n) is 2.48. The van der Waals surface area contributed by atoms with Crippen molar-refractivity contribution < 1.29 is 28.6 Å². The van der Waals surface area contributed by atoms with E-state index in [1.807, 2.05) is 0 Å². The molecule has 0 aliphatic carbocycles. The molecule has 7 heteroatoms. The average molecular weight is 307 g/mol. The Bertz CT molecular complexity index is 620. The molecular weight excluding hydrogens is 290 g/mol. The molecule has 1 amide bonds. The van der Waals surface area contributed by atoms with E-state index in [4.69, 9.17) is 9.47 Å². The lowest BCUT2D eigenvalue weighted by Crippen LogP contribution is -2.25. The molecule has 0 saturated carbocycles. The average Bonchev–Trinajstić information content (AvgIpc) is 2.46. The van der Waals surface area contributed by atoms with Gasteiger partial charge in [-0.2, -0.15) is 0 Å². The first-order chi connectivity index (χ1) is 10.4. The van der Waals surface area contributed by atoms with Crippen LogP contribution in [0.4, 0.5) is 0 Å². The van der Waals surface area contributed by atoms with Crippen molar-refractivity contribution in [1.29, 1.82) is 0 Å². The van der Waals surface area contributed by atoms with Crippen molar-refractivity contribution in [3.8, 4) is 11.5 Å². The number of esters is 2. The van der Waals surface area contributed by atoms with Crippen LogP contribution in [-0.2, 0) is 19.1 Å². The van der Waals surface area contributed by atoms with Gasteiger partial charge in [-0.25, -0.2) is 4.79 Å². The normalized spacial score (nSPS) is 10.6. The van der Waals surface area contributed by atoms with E-state index in [2.05, 4.69) is 10.1 Å². The SMILES string of the molecule is COC(=O)/C(=C/c1ccc(OC(C)=O)cc1OC)NC(C)=O. The first-order valence-electron chi connectivity index (χ1n) is 6.31. The van der Waals surface area contributed by atoms with Crippen LogP contribution >= 0.6 is 0 Å². The lowest BCUT2D eigenvalue weighted by atomic mass is 10.1. The van der Waals surface area contributed by atoms with Gasteiger partial charge in [0.15, 0.2) is 0 Å². The molecule has 0 heterocycles. The molecule has 0 bridgehead atoms. The Hall–Kier alpha value is -2.83. The van der Waals surface area contributed by atoms with Crippen LogP contribution in [0.2, 0.25) is 0 Å². The number of rotatable bonds is 5. The van der Waals surface area contributed by atoms with Gasteiger partial charge in [0.2, 0.25) is 5.91 Å².